The molecule has 0 fully saturated rings. The molecule has 0 unspecified atom stereocenters. The largest absolute Gasteiger partial charge is 0.493 e. The molecular weight excluding hydrogens is 410 g/mol. The molecule has 0 saturated heterocycles. The number of ether oxygens (including phenoxy) is 4. The van der Waals surface area contributed by atoms with E-state index in [0.717, 1.165) is 11.3 Å². The number of hydrogen-bond donors (Lipinski definition) is 1. The lowest BCUT2D eigenvalue weighted by atomic mass is 10.1. The maximum Gasteiger partial charge on any atom is 0.348 e. The van der Waals surface area contributed by atoms with Crippen molar-refractivity contribution in [2.75, 3.05) is 33.3 Å². The minimum atomic E-state index is -0.624. The van der Waals surface area contributed by atoms with Gasteiger partial charge in [-0.3, -0.25) is 4.79 Å². The topological polar surface area (TPSA) is 100 Å². The predicted molar refractivity (Wildman–Crippen MR) is 114 cm³/mol. The Hall–Kier alpha value is -3.33. The van der Waals surface area contributed by atoms with Crippen molar-refractivity contribution in [1.29, 1.82) is 0 Å². The van der Waals surface area contributed by atoms with Gasteiger partial charge in [0.1, 0.15) is 9.88 Å². The van der Waals surface area contributed by atoms with E-state index in [9.17, 15) is 14.4 Å². The van der Waals surface area contributed by atoms with Crippen LogP contribution in [0.4, 0.5) is 5.00 Å². The van der Waals surface area contributed by atoms with E-state index in [1.54, 1.807) is 38.1 Å². The van der Waals surface area contributed by atoms with E-state index < -0.39 is 17.8 Å². The molecule has 2 rings (SSSR count). The zero-order chi connectivity index (χ0) is 22.3. The summed E-state index contributed by atoms with van der Waals surface area (Å²) in [4.78, 5) is 37.0. The first-order chi connectivity index (χ1) is 14.4. The van der Waals surface area contributed by atoms with Gasteiger partial charge in [-0.15, -0.1) is 11.3 Å². The summed E-state index contributed by atoms with van der Waals surface area (Å²) in [6.07, 6.45) is 2.89. The van der Waals surface area contributed by atoms with Gasteiger partial charge < -0.3 is 24.3 Å². The molecular formula is C21H23NO7S. The molecule has 0 bridgehead atoms. The van der Waals surface area contributed by atoms with E-state index in [1.807, 2.05) is 0 Å². The van der Waals surface area contributed by atoms with E-state index in [4.69, 9.17) is 18.9 Å². The standard InChI is InChI=1S/C21H23NO7S/c1-6-29-20(24)17-12(2)18(21(25)28-5)30-19(17)22-16(23)10-8-13-7-9-14(26-3)15(11-13)27-4/h7-11H,6H2,1-5H3,(H,22,23)/b10-8+. The number of amides is 1. The molecule has 0 aliphatic heterocycles. The van der Waals surface area contributed by atoms with E-state index in [-0.39, 0.29) is 22.0 Å². The zero-order valence-corrected chi connectivity index (χ0v) is 18.2. The summed E-state index contributed by atoms with van der Waals surface area (Å²) in [6.45, 7) is 3.43. The Morgan fingerprint density at radius 3 is 2.37 bits per heavy atom. The van der Waals surface area contributed by atoms with Crippen molar-refractivity contribution >= 4 is 40.3 Å². The van der Waals surface area contributed by atoms with E-state index in [1.165, 1.54) is 27.4 Å². The van der Waals surface area contributed by atoms with Gasteiger partial charge in [0.15, 0.2) is 11.5 Å². The highest BCUT2D eigenvalue weighted by molar-refractivity contribution is 7.18. The summed E-state index contributed by atoms with van der Waals surface area (Å²) >= 11 is 0.956. The maximum atomic E-state index is 12.4. The quantitative estimate of drug-likeness (QED) is 0.501. The lowest BCUT2D eigenvalue weighted by molar-refractivity contribution is -0.111. The molecule has 8 nitrogen and oxygen atoms in total. The second kappa shape index (κ2) is 10.4. The van der Waals surface area contributed by atoms with Crippen LogP contribution in [0.5, 0.6) is 11.5 Å². The molecule has 1 heterocycles. The van der Waals surface area contributed by atoms with Crippen molar-refractivity contribution in [2.24, 2.45) is 0 Å². The van der Waals surface area contributed by atoms with Crippen molar-refractivity contribution in [3.63, 3.8) is 0 Å². The summed E-state index contributed by atoms with van der Waals surface area (Å²) in [6, 6.07) is 5.21. The first kappa shape index (κ1) is 23.0. The fourth-order valence-electron chi connectivity index (χ4n) is 2.62. The van der Waals surface area contributed by atoms with Gasteiger partial charge in [-0.05, 0) is 43.2 Å². The second-order valence-corrected chi connectivity index (χ2v) is 6.93. The molecule has 0 aliphatic rings. The zero-order valence-electron chi connectivity index (χ0n) is 17.4. The highest BCUT2D eigenvalue weighted by Gasteiger charge is 2.26. The van der Waals surface area contributed by atoms with Crippen LogP contribution in [0.2, 0.25) is 0 Å². The first-order valence-electron chi connectivity index (χ1n) is 8.96. The SMILES string of the molecule is CCOC(=O)c1c(NC(=O)/C=C/c2ccc(OC)c(OC)c2)sc(C(=O)OC)c1C. The number of hydrogen-bond acceptors (Lipinski definition) is 8. The molecule has 9 heteroatoms. The second-order valence-electron chi connectivity index (χ2n) is 5.91. The Balaban J connectivity index is 2.28. The number of benzene rings is 1. The monoisotopic (exact) mass is 433 g/mol. The Morgan fingerprint density at radius 1 is 1.07 bits per heavy atom. The van der Waals surface area contributed by atoms with E-state index in [2.05, 4.69) is 5.32 Å². The number of carbonyl (C=O) groups excluding carboxylic acids is 3. The third kappa shape index (κ3) is 5.18. The molecule has 0 saturated carbocycles. The minimum absolute atomic E-state index is 0.134. The predicted octanol–water partition coefficient (Wildman–Crippen LogP) is 3.69. The highest BCUT2D eigenvalue weighted by Crippen LogP contribution is 2.34. The highest BCUT2D eigenvalue weighted by atomic mass is 32.1. The summed E-state index contributed by atoms with van der Waals surface area (Å²) in [7, 11) is 4.30. The van der Waals surface area contributed by atoms with Crippen molar-refractivity contribution in [3.8, 4) is 11.5 Å². The number of carbonyl (C=O) groups is 3. The van der Waals surface area contributed by atoms with E-state index >= 15 is 0 Å². The molecule has 2 aromatic rings. The van der Waals surface area contributed by atoms with Gasteiger partial charge in [0.05, 0.1) is 33.5 Å². The van der Waals surface area contributed by atoms with Crippen LogP contribution < -0.4 is 14.8 Å². The Bertz CT molecular complexity index is 978. The third-order valence-corrected chi connectivity index (χ3v) is 5.26. The number of esters is 2. The van der Waals surface area contributed by atoms with Gasteiger partial charge in [-0.2, -0.15) is 0 Å². The van der Waals surface area contributed by atoms with Gasteiger partial charge in [-0.25, -0.2) is 9.59 Å². The van der Waals surface area contributed by atoms with Gasteiger partial charge in [-0.1, -0.05) is 6.07 Å². The third-order valence-electron chi connectivity index (χ3n) is 4.07. The number of rotatable bonds is 8. The molecule has 160 valence electrons. The fraction of sp³-hybridized carbons (Fsp3) is 0.286. The first-order valence-corrected chi connectivity index (χ1v) is 9.77. The van der Waals surface area contributed by atoms with Gasteiger partial charge in [0.25, 0.3) is 0 Å². The molecule has 1 N–H and O–H groups in total. The molecule has 1 amide bonds. The number of anilines is 1. The average Bonchev–Trinajstić information content (AvgIpc) is 3.07. The van der Waals surface area contributed by atoms with Crippen LogP contribution in [-0.2, 0) is 14.3 Å². The molecule has 0 atom stereocenters. The number of nitrogens with one attached hydrogen (secondary N) is 1. The lowest BCUT2D eigenvalue weighted by Crippen LogP contribution is -2.12. The summed E-state index contributed by atoms with van der Waals surface area (Å²) in [5.74, 6) is -0.596. The van der Waals surface area contributed by atoms with E-state index in [0.29, 0.717) is 22.6 Å². The van der Waals surface area contributed by atoms with Gasteiger partial charge >= 0.3 is 11.9 Å². The summed E-state index contributed by atoms with van der Waals surface area (Å²) < 4.78 is 20.2. The van der Waals surface area contributed by atoms with Crippen molar-refractivity contribution < 1.29 is 33.3 Å². The molecule has 0 spiro atoms. The lowest BCUT2D eigenvalue weighted by Gasteiger charge is -2.07. The molecule has 30 heavy (non-hydrogen) atoms. The van der Waals surface area contributed by atoms with Crippen molar-refractivity contribution in [3.05, 3.63) is 45.8 Å². The summed E-state index contributed by atoms with van der Waals surface area (Å²) in [5, 5.41) is 2.86. The van der Waals surface area contributed by atoms with Crippen LogP contribution in [-0.4, -0.2) is 45.8 Å². The Morgan fingerprint density at radius 2 is 1.77 bits per heavy atom. The van der Waals surface area contributed by atoms with Crippen LogP contribution in [0.3, 0.4) is 0 Å². The van der Waals surface area contributed by atoms with Crippen molar-refractivity contribution in [1.82, 2.24) is 0 Å². The smallest absolute Gasteiger partial charge is 0.348 e. The minimum Gasteiger partial charge on any atom is -0.493 e. The molecule has 1 aromatic carbocycles. The molecule has 0 radical (unpaired) electrons. The van der Waals surface area contributed by atoms with Crippen molar-refractivity contribution in [2.45, 2.75) is 13.8 Å². The van der Waals surface area contributed by atoms with Crippen LogP contribution in [0.15, 0.2) is 24.3 Å². The normalized spacial score (nSPS) is 10.6. The Labute approximate surface area is 178 Å². The summed E-state index contributed by atoms with van der Waals surface area (Å²) in [5.41, 5.74) is 1.24. The van der Waals surface area contributed by atoms with Crippen LogP contribution >= 0.6 is 11.3 Å². The average molecular weight is 433 g/mol. The van der Waals surface area contributed by atoms with Crippen LogP contribution in [0, 0.1) is 6.92 Å². The number of thiophene rings is 1. The Kier molecular flexibility index (Phi) is 7.99. The molecule has 1 aromatic heterocycles. The van der Waals surface area contributed by atoms with Gasteiger partial charge in [0.2, 0.25) is 5.91 Å². The van der Waals surface area contributed by atoms with Crippen LogP contribution in [0.25, 0.3) is 6.08 Å². The molecule has 0 aliphatic carbocycles. The van der Waals surface area contributed by atoms with Gasteiger partial charge in [0, 0.05) is 6.08 Å². The number of methoxy groups -OCH3 is 3. The van der Waals surface area contributed by atoms with Crippen LogP contribution in [0.1, 0.15) is 38.1 Å². The maximum absolute atomic E-state index is 12.4. The fourth-order valence-corrected chi connectivity index (χ4v) is 3.74.